The van der Waals surface area contributed by atoms with Crippen LogP contribution in [-0.4, -0.2) is 25.2 Å². The monoisotopic (exact) mass is 339 g/mol. The molecule has 25 heavy (non-hydrogen) atoms. The Bertz CT molecular complexity index is 866. The molecule has 1 saturated heterocycles. The Morgan fingerprint density at radius 1 is 1.04 bits per heavy atom. The number of rotatable bonds is 3. The third-order valence-corrected chi connectivity index (χ3v) is 4.50. The van der Waals surface area contributed by atoms with Crippen LogP contribution in [0.25, 0.3) is 11.0 Å². The Kier molecular flexibility index (Phi) is 4.24. The second-order valence-electron chi connectivity index (χ2n) is 6.15. The molecule has 2 aromatic carbocycles. The number of hydrogen-bond acceptors (Lipinski definition) is 3. The van der Waals surface area contributed by atoms with E-state index in [4.69, 9.17) is 9.15 Å². The number of anilines is 1. The summed E-state index contributed by atoms with van der Waals surface area (Å²) in [5.41, 5.74) is 1.20. The zero-order chi connectivity index (χ0) is 17.2. The molecule has 1 aromatic heterocycles. The van der Waals surface area contributed by atoms with Gasteiger partial charge in [0.05, 0.1) is 0 Å². The second-order valence-corrected chi connectivity index (χ2v) is 6.15. The first-order valence-electron chi connectivity index (χ1n) is 8.38. The quantitative estimate of drug-likeness (QED) is 0.710. The van der Waals surface area contributed by atoms with Crippen LogP contribution in [0.4, 0.5) is 10.1 Å². The largest absolute Gasteiger partial charge is 0.451 e. The first-order chi connectivity index (χ1) is 12.2. The number of hydrogen-bond donors (Lipinski definition) is 0. The van der Waals surface area contributed by atoms with Crippen molar-refractivity contribution < 1.29 is 18.3 Å². The van der Waals surface area contributed by atoms with Gasteiger partial charge >= 0.3 is 0 Å². The van der Waals surface area contributed by atoms with E-state index in [9.17, 15) is 9.18 Å². The summed E-state index contributed by atoms with van der Waals surface area (Å²) in [6.07, 6.45) is 1.42. The lowest BCUT2D eigenvalue weighted by molar-refractivity contribution is 0.0761. The number of fused-ring (bicyclic) bond motifs is 1. The predicted octanol–water partition coefficient (Wildman–Crippen LogP) is 4.40. The maximum absolute atomic E-state index is 13.7. The highest BCUT2D eigenvalue weighted by molar-refractivity contribution is 6.06. The van der Waals surface area contributed by atoms with Gasteiger partial charge in [-0.2, -0.15) is 0 Å². The van der Waals surface area contributed by atoms with Crippen molar-refractivity contribution in [1.29, 1.82) is 0 Å². The predicted molar refractivity (Wildman–Crippen MR) is 93.3 cm³/mol. The van der Waals surface area contributed by atoms with E-state index in [1.807, 2.05) is 24.3 Å². The third kappa shape index (κ3) is 3.15. The van der Waals surface area contributed by atoms with Crippen molar-refractivity contribution >= 4 is 22.6 Å². The summed E-state index contributed by atoms with van der Waals surface area (Å²) < 4.78 is 24.9. The van der Waals surface area contributed by atoms with Crippen molar-refractivity contribution in [2.45, 2.75) is 18.9 Å². The zero-order valence-corrected chi connectivity index (χ0v) is 13.7. The summed E-state index contributed by atoms with van der Waals surface area (Å²) in [5.74, 6) is -0.363. The van der Waals surface area contributed by atoms with E-state index in [1.54, 1.807) is 23.1 Å². The van der Waals surface area contributed by atoms with Gasteiger partial charge in [-0.25, -0.2) is 4.39 Å². The van der Waals surface area contributed by atoms with Gasteiger partial charge in [-0.1, -0.05) is 24.3 Å². The van der Waals surface area contributed by atoms with Crippen molar-refractivity contribution in [3.05, 3.63) is 66.2 Å². The van der Waals surface area contributed by atoms with Gasteiger partial charge in [0.2, 0.25) is 0 Å². The van der Waals surface area contributed by atoms with Gasteiger partial charge in [-0.05, 0) is 43.2 Å². The standard InChI is InChI=1S/C20H18FNO3/c21-15-5-3-6-17(13-15)22(16-8-10-24-11-9-16)20(23)19-12-14-4-1-2-7-18(14)25-19/h1-7,12-13,16H,8-11H2. The normalized spacial score (nSPS) is 15.4. The van der Waals surface area contributed by atoms with Gasteiger partial charge in [0, 0.05) is 30.3 Å². The minimum Gasteiger partial charge on any atom is -0.451 e. The second kappa shape index (κ2) is 6.69. The maximum atomic E-state index is 13.7. The van der Waals surface area contributed by atoms with Crippen LogP contribution in [0.1, 0.15) is 23.4 Å². The molecule has 3 aromatic rings. The molecule has 4 nitrogen and oxygen atoms in total. The van der Waals surface area contributed by atoms with Crippen LogP contribution in [0, 0.1) is 5.82 Å². The van der Waals surface area contributed by atoms with Crippen LogP contribution in [0.5, 0.6) is 0 Å². The van der Waals surface area contributed by atoms with E-state index >= 15 is 0 Å². The number of furan rings is 1. The van der Waals surface area contributed by atoms with Gasteiger partial charge in [-0.15, -0.1) is 0 Å². The number of carbonyl (C=O) groups excluding carboxylic acids is 1. The van der Waals surface area contributed by atoms with Crippen LogP contribution < -0.4 is 4.90 Å². The summed E-state index contributed by atoms with van der Waals surface area (Å²) in [4.78, 5) is 14.8. The number of nitrogens with zero attached hydrogens (tertiary/aromatic N) is 1. The lowest BCUT2D eigenvalue weighted by Crippen LogP contribution is -2.43. The van der Waals surface area contributed by atoms with Gasteiger partial charge in [0.15, 0.2) is 5.76 Å². The molecule has 0 atom stereocenters. The van der Waals surface area contributed by atoms with Crippen molar-refractivity contribution in [2.24, 2.45) is 0 Å². The summed E-state index contributed by atoms with van der Waals surface area (Å²) >= 11 is 0. The summed E-state index contributed by atoms with van der Waals surface area (Å²) in [6.45, 7) is 1.17. The highest BCUT2D eigenvalue weighted by Gasteiger charge is 2.30. The molecule has 4 rings (SSSR count). The molecular formula is C20H18FNO3. The van der Waals surface area contributed by atoms with Crippen LogP contribution >= 0.6 is 0 Å². The summed E-state index contributed by atoms with van der Waals surface area (Å²) in [7, 11) is 0. The van der Waals surface area contributed by atoms with E-state index in [2.05, 4.69) is 0 Å². The fourth-order valence-electron chi connectivity index (χ4n) is 3.27. The van der Waals surface area contributed by atoms with E-state index < -0.39 is 0 Å². The summed E-state index contributed by atoms with van der Waals surface area (Å²) in [6, 6.07) is 15.3. The third-order valence-electron chi connectivity index (χ3n) is 4.50. The molecule has 0 N–H and O–H groups in total. The van der Waals surface area contributed by atoms with Gasteiger partial charge in [0.25, 0.3) is 5.91 Å². The first kappa shape index (κ1) is 15.8. The molecule has 128 valence electrons. The molecule has 0 radical (unpaired) electrons. The Hall–Kier alpha value is -2.66. The van der Waals surface area contributed by atoms with Gasteiger partial charge in [-0.3, -0.25) is 4.79 Å². The molecule has 0 unspecified atom stereocenters. The van der Waals surface area contributed by atoms with Crippen molar-refractivity contribution in [1.82, 2.24) is 0 Å². The number of ether oxygens (including phenoxy) is 1. The maximum Gasteiger partial charge on any atom is 0.294 e. The molecule has 2 heterocycles. The first-order valence-corrected chi connectivity index (χ1v) is 8.38. The van der Waals surface area contributed by atoms with E-state index in [-0.39, 0.29) is 23.5 Å². The highest BCUT2D eigenvalue weighted by Crippen LogP contribution is 2.28. The van der Waals surface area contributed by atoms with Crippen molar-refractivity contribution in [3.8, 4) is 0 Å². The van der Waals surface area contributed by atoms with Gasteiger partial charge < -0.3 is 14.1 Å². The molecule has 1 fully saturated rings. The number of halogens is 1. The number of amides is 1. The minimum atomic E-state index is -0.369. The molecule has 5 heteroatoms. The van der Waals surface area contributed by atoms with Crippen LogP contribution in [-0.2, 0) is 4.74 Å². The minimum absolute atomic E-state index is 0.0451. The molecule has 0 bridgehead atoms. The Balaban J connectivity index is 1.74. The average Bonchev–Trinajstić information content (AvgIpc) is 3.07. The van der Waals surface area contributed by atoms with E-state index in [0.717, 1.165) is 5.39 Å². The van der Waals surface area contributed by atoms with Crippen LogP contribution in [0.2, 0.25) is 0 Å². The van der Waals surface area contributed by atoms with Crippen LogP contribution in [0.15, 0.2) is 59.0 Å². The number of para-hydroxylation sites is 1. The molecule has 1 amide bonds. The Labute approximate surface area is 144 Å². The van der Waals surface area contributed by atoms with Crippen molar-refractivity contribution in [3.63, 3.8) is 0 Å². The molecule has 0 saturated carbocycles. The topological polar surface area (TPSA) is 42.7 Å². The SMILES string of the molecule is O=C(c1cc2ccccc2o1)N(c1cccc(F)c1)C1CCOCC1. The highest BCUT2D eigenvalue weighted by atomic mass is 19.1. The fourth-order valence-corrected chi connectivity index (χ4v) is 3.27. The average molecular weight is 339 g/mol. The molecular weight excluding hydrogens is 321 g/mol. The molecule has 0 aliphatic carbocycles. The zero-order valence-electron chi connectivity index (χ0n) is 13.7. The molecule has 1 aliphatic rings. The van der Waals surface area contributed by atoms with E-state index in [0.29, 0.717) is 37.3 Å². The van der Waals surface area contributed by atoms with Crippen LogP contribution in [0.3, 0.4) is 0 Å². The number of benzene rings is 2. The molecule has 1 aliphatic heterocycles. The Morgan fingerprint density at radius 3 is 2.60 bits per heavy atom. The lowest BCUT2D eigenvalue weighted by atomic mass is 10.1. The Morgan fingerprint density at radius 2 is 1.84 bits per heavy atom. The lowest BCUT2D eigenvalue weighted by Gasteiger charge is -2.33. The van der Waals surface area contributed by atoms with Crippen molar-refractivity contribution in [2.75, 3.05) is 18.1 Å². The smallest absolute Gasteiger partial charge is 0.294 e. The fraction of sp³-hybridized carbons (Fsp3) is 0.250. The summed E-state index contributed by atoms with van der Waals surface area (Å²) in [5, 5.41) is 0.872. The van der Waals surface area contributed by atoms with E-state index in [1.165, 1.54) is 12.1 Å². The number of carbonyl (C=O) groups is 1. The molecule has 0 spiro atoms. The van der Waals surface area contributed by atoms with Gasteiger partial charge in [0.1, 0.15) is 11.4 Å².